The van der Waals surface area contributed by atoms with Gasteiger partial charge in [0.15, 0.2) is 0 Å². The normalized spacial score (nSPS) is 15.5. The van der Waals surface area contributed by atoms with Gasteiger partial charge in [-0.05, 0) is 70.1 Å². The number of ether oxygens (including phenoxy) is 1. The second kappa shape index (κ2) is 9.93. The molecule has 4 nitrogen and oxygen atoms in total. The van der Waals surface area contributed by atoms with E-state index in [-0.39, 0.29) is 0 Å². The molecule has 2 heterocycles. The van der Waals surface area contributed by atoms with Crippen molar-refractivity contribution in [2.45, 2.75) is 52.0 Å². The van der Waals surface area contributed by atoms with Crippen LogP contribution in [0.4, 0.5) is 0 Å². The molecule has 4 heteroatoms. The maximum absolute atomic E-state index is 5.99. The molecule has 3 aromatic rings. The van der Waals surface area contributed by atoms with Crippen LogP contribution in [0.15, 0.2) is 48.5 Å². The number of hydrogen-bond acceptors (Lipinski definition) is 3. The predicted octanol–water partition coefficient (Wildman–Crippen LogP) is 5.23. The second-order valence-electron chi connectivity index (χ2n) is 8.19. The summed E-state index contributed by atoms with van der Waals surface area (Å²) in [5.74, 6) is 2.12. The average Bonchev–Trinajstić information content (AvgIpc) is 2.89. The number of para-hydroxylation sites is 2. The number of hydrogen-bond donors (Lipinski definition) is 0. The molecule has 1 saturated heterocycles. The molecule has 1 aromatic heterocycles. The van der Waals surface area contributed by atoms with E-state index in [2.05, 4.69) is 52.8 Å². The molecular formula is C25H33N3O. The van der Waals surface area contributed by atoms with Gasteiger partial charge in [0, 0.05) is 6.42 Å². The van der Waals surface area contributed by atoms with Crippen LogP contribution in [-0.2, 0) is 13.0 Å². The molecule has 4 rings (SSSR count). The molecular weight excluding hydrogens is 358 g/mol. The number of fused-ring (bicyclic) bond motifs is 1. The van der Waals surface area contributed by atoms with Gasteiger partial charge in [0.2, 0.25) is 0 Å². The number of aromatic nitrogens is 2. The van der Waals surface area contributed by atoms with E-state index in [4.69, 9.17) is 9.72 Å². The van der Waals surface area contributed by atoms with E-state index >= 15 is 0 Å². The van der Waals surface area contributed by atoms with Crippen molar-refractivity contribution in [2.75, 3.05) is 26.2 Å². The molecule has 1 fully saturated rings. The SMILES string of the molecule is Cc1ccc(OCCn2c(CCCN3CCCCCC3)nc3ccccc32)cc1. The van der Waals surface area contributed by atoms with Crippen LogP contribution in [0.3, 0.4) is 0 Å². The fraction of sp³-hybridized carbons (Fsp3) is 0.480. The molecule has 1 aliphatic rings. The summed E-state index contributed by atoms with van der Waals surface area (Å²) in [6, 6.07) is 16.7. The van der Waals surface area contributed by atoms with Gasteiger partial charge in [-0.3, -0.25) is 0 Å². The van der Waals surface area contributed by atoms with Crippen molar-refractivity contribution in [3.63, 3.8) is 0 Å². The standard InChI is InChI=1S/C25H33N3O/c1-21-12-14-22(15-13-21)29-20-19-28-24-10-5-4-9-23(24)26-25(28)11-8-18-27-16-6-2-3-7-17-27/h4-5,9-10,12-15H,2-3,6-8,11,16-20H2,1H3. The van der Waals surface area contributed by atoms with Gasteiger partial charge in [-0.25, -0.2) is 4.98 Å². The van der Waals surface area contributed by atoms with E-state index < -0.39 is 0 Å². The van der Waals surface area contributed by atoms with Gasteiger partial charge in [-0.2, -0.15) is 0 Å². The summed E-state index contributed by atoms with van der Waals surface area (Å²) < 4.78 is 8.35. The van der Waals surface area contributed by atoms with Gasteiger partial charge in [0.25, 0.3) is 0 Å². The smallest absolute Gasteiger partial charge is 0.119 e. The van der Waals surface area contributed by atoms with Crippen molar-refractivity contribution >= 4 is 11.0 Å². The highest BCUT2D eigenvalue weighted by atomic mass is 16.5. The lowest BCUT2D eigenvalue weighted by Crippen LogP contribution is -2.26. The first-order valence-corrected chi connectivity index (χ1v) is 11.2. The van der Waals surface area contributed by atoms with Crippen molar-refractivity contribution in [3.8, 4) is 5.75 Å². The molecule has 2 aromatic carbocycles. The Balaban J connectivity index is 1.39. The zero-order valence-electron chi connectivity index (χ0n) is 17.6. The van der Waals surface area contributed by atoms with Gasteiger partial charge in [-0.1, -0.05) is 42.7 Å². The monoisotopic (exact) mass is 391 g/mol. The van der Waals surface area contributed by atoms with Crippen LogP contribution in [0.5, 0.6) is 5.75 Å². The number of aryl methyl sites for hydroxylation is 2. The second-order valence-corrected chi connectivity index (χ2v) is 8.19. The fourth-order valence-electron chi connectivity index (χ4n) is 4.28. The highest BCUT2D eigenvalue weighted by Gasteiger charge is 2.12. The van der Waals surface area contributed by atoms with E-state index in [0.717, 1.165) is 24.2 Å². The molecule has 0 N–H and O–H groups in total. The first-order valence-electron chi connectivity index (χ1n) is 11.2. The molecule has 154 valence electrons. The number of nitrogens with zero attached hydrogens (tertiary/aromatic N) is 3. The number of benzene rings is 2. The summed E-state index contributed by atoms with van der Waals surface area (Å²) in [4.78, 5) is 7.58. The number of imidazole rings is 1. The Hall–Kier alpha value is -2.33. The Kier molecular flexibility index (Phi) is 6.83. The largest absolute Gasteiger partial charge is 0.492 e. The topological polar surface area (TPSA) is 30.3 Å². The van der Waals surface area contributed by atoms with Crippen LogP contribution in [-0.4, -0.2) is 40.7 Å². The van der Waals surface area contributed by atoms with Crippen molar-refractivity contribution in [2.24, 2.45) is 0 Å². The van der Waals surface area contributed by atoms with E-state index in [1.165, 1.54) is 68.6 Å². The van der Waals surface area contributed by atoms with E-state index in [0.29, 0.717) is 6.61 Å². The highest BCUT2D eigenvalue weighted by molar-refractivity contribution is 5.75. The van der Waals surface area contributed by atoms with Crippen LogP contribution in [0.2, 0.25) is 0 Å². The van der Waals surface area contributed by atoms with Crippen LogP contribution in [0.25, 0.3) is 11.0 Å². The molecule has 0 amide bonds. The number of rotatable bonds is 8. The quantitative estimate of drug-likeness (QED) is 0.526. The van der Waals surface area contributed by atoms with Crippen molar-refractivity contribution in [3.05, 3.63) is 59.9 Å². The Morgan fingerprint density at radius 1 is 0.897 bits per heavy atom. The minimum atomic E-state index is 0.655. The summed E-state index contributed by atoms with van der Waals surface area (Å²) >= 11 is 0. The van der Waals surface area contributed by atoms with Gasteiger partial charge < -0.3 is 14.2 Å². The maximum atomic E-state index is 5.99. The summed E-state index contributed by atoms with van der Waals surface area (Å²) in [7, 11) is 0. The van der Waals surface area contributed by atoms with Gasteiger partial charge in [-0.15, -0.1) is 0 Å². The molecule has 0 aliphatic carbocycles. The van der Waals surface area contributed by atoms with Crippen molar-refractivity contribution in [1.82, 2.24) is 14.5 Å². The van der Waals surface area contributed by atoms with E-state index in [1.807, 2.05) is 12.1 Å². The third-order valence-electron chi connectivity index (χ3n) is 5.91. The fourth-order valence-corrected chi connectivity index (χ4v) is 4.28. The molecule has 29 heavy (non-hydrogen) atoms. The molecule has 0 unspecified atom stereocenters. The lowest BCUT2D eigenvalue weighted by atomic mass is 10.2. The first kappa shape index (κ1) is 20.0. The van der Waals surface area contributed by atoms with E-state index in [1.54, 1.807) is 0 Å². The van der Waals surface area contributed by atoms with Crippen LogP contribution in [0.1, 0.15) is 43.5 Å². The van der Waals surface area contributed by atoms with Crippen LogP contribution >= 0.6 is 0 Å². The van der Waals surface area contributed by atoms with Gasteiger partial charge >= 0.3 is 0 Å². The average molecular weight is 392 g/mol. The maximum Gasteiger partial charge on any atom is 0.119 e. The molecule has 0 radical (unpaired) electrons. The van der Waals surface area contributed by atoms with Crippen LogP contribution < -0.4 is 4.74 Å². The Morgan fingerprint density at radius 3 is 2.45 bits per heavy atom. The Bertz CT molecular complexity index is 892. The predicted molar refractivity (Wildman–Crippen MR) is 120 cm³/mol. The first-order chi connectivity index (χ1) is 14.3. The molecule has 0 atom stereocenters. The molecule has 0 spiro atoms. The number of likely N-dealkylation sites (tertiary alicyclic amines) is 1. The third kappa shape index (κ3) is 5.39. The van der Waals surface area contributed by atoms with E-state index in [9.17, 15) is 0 Å². The minimum absolute atomic E-state index is 0.655. The zero-order valence-corrected chi connectivity index (χ0v) is 17.6. The molecule has 0 bridgehead atoms. The zero-order chi connectivity index (χ0) is 19.9. The van der Waals surface area contributed by atoms with Crippen molar-refractivity contribution < 1.29 is 4.74 Å². The lowest BCUT2D eigenvalue weighted by molar-refractivity contribution is 0.278. The Morgan fingerprint density at radius 2 is 1.66 bits per heavy atom. The van der Waals surface area contributed by atoms with Crippen LogP contribution in [0, 0.1) is 6.92 Å². The highest BCUT2D eigenvalue weighted by Crippen LogP contribution is 2.19. The van der Waals surface area contributed by atoms with Gasteiger partial charge in [0.05, 0.1) is 17.6 Å². The summed E-state index contributed by atoms with van der Waals surface area (Å²) in [5, 5.41) is 0. The van der Waals surface area contributed by atoms with Gasteiger partial charge in [0.1, 0.15) is 18.2 Å². The molecule has 1 aliphatic heterocycles. The molecule has 0 saturated carbocycles. The lowest BCUT2D eigenvalue weighted by Gasteiger charge is -2.19. The summed E-state index contributed by atoms with van der Waals surface area (Å²) in [6.07, 6.45) is 7.70. The minimum Gasteiger partial charge on any atom is -0.492 e. The summed E-state index contributed by atoms with van der Waals surface area (Å²) in [6.45, 7) is 7.29. The van der Waals surface area contributed by atoms with Crippen molar-refractivity contribution in [1.29, 1.82) is 0 Å². The third-order valence-corrected chi connectivity index (χ3v) is 5.91. The summed E-state index contributed by atoms with van der Waals surface area (Å²) in [5.41, 5.74) is 3.56. The Labute approximate surface area is 174 Å².